The average molecular weight is 421 g/mol. The van der Waals surface area contributed by atoms with Crippen LogP contribution in [0.15, 0.2) is 42.5 Å². The lowest BCUT2D eigenvalue weighted by Crippen LogP contribution is -2.28. The number of aryl methyl sites for hydroxylation is 2. The standard InChI is InChI=1S/C23H28N2O.2ClH/c26-23(10-5-17-11-13-24-14-12-17)20-9-7-18-6-8-19-3-1-2-4-22(19)25-16-21(18)15-20;;/h1-4,7,9,15,17,24-25H,5-6,8,10-14,16H2;2*1H. The molecule has 0 radical (unpaired) electrons. The van der Waals surface area contributed by atoms with Crippen molar-refractivity contribution in [2.24, 2.45) is 5.92 Å². The number of benzene rings is 2. The van der Waals surface area contributed by atoms with Crippen molar-refractivity contribution in [3.8, 4) is 0 Å². The lowest BCUT2D eigenvalue weighted by molar-refractivity contribution is 0.0970. The Labute approximate surface area is 180 Å². The number of rotatable bonds is 4. The van der Waals surface area contributed by atoms with Crippen LogP contribution in [0.3, 0.4) is 0 Å². The number of carbonyl (C=O) groups is 1. The van der Waals surface area contributed by atoms with Crippen molar-refractivity contribution < 1.29 is 4.79 Å². The van der Waals surface area contributed by atoms with E-state index < -0.39 is 0 Å². The van der Waals surface area contributed by atoms with E-state index in [1.54, 1.807) is 0 Å². The molecule has 0 bridgehead atoms. The first-order valence-corrected chi connectivity index (χ1v) is 9.97. The molecule has 152 valence electrons. The molecule has 4 rings (SSSR count). The Morgan fingerprint density at radius 3 is 2.50 bits per heavy atom. The van der Waals surface area contributed by atoms with E-state index in [0.29, 0.717) is 18.1 Å². The summed E-state index contributed by atoms with van der Waals surface area (Å²) >= 11 is 0. The van der Waals surface area contributed by atoms with Crippen LogP contribution in [-0.2, 0) is 19.4 Å². The monoisotopic (exact) mass is 420 g/mol. The van der Waals surface area contributed by atoms with Gasteiger partial charge in [-0.25, -0.2) is 0 Å². The first kappa shape index (κ1) is 22.7. The normalized spacial score (nSPS) is 16.1. The van der Waals surface area contributed by atoms with Crippen LogP contribution in [0.2, 0.25) is 0 Å². The van der Waals surface area contributed by atoms with Crippen molar-refractivity contribution in [1.82, 2.24) is 5.32 Å². The Morgan fingerprint density at radius 1 is 0.929 bits per heavy atom. The molecular formula is C23H30Cl2N2O. The second-order valence-corrected chi connectivity index (χ2v) is 7.65. The van der Waals surface area contributed by atoms with Gasteiger partial charge in [0, 0.05) is 24.2 Å². The number of fused-ring (bicyclic) bond motifs is 2. The minimum absolute atomic E-state index is 0. The van der Waals surface area contributed by atoms with E-state index in [4.69, 9.17) is 0 Å². The molecule has 0 amide bonds. The van der Waals surface area contributed by atoms with Gasteiger partial charge in [0.15, 0.2) is 5.78 Å². The molecule has 2 aromatic rings. The first-order valence-electron chi connectivity index (χ1n) is 9.97. The van der Waals surface area contributed by atoms with Crippen molar-refractivity contribution >= 4 is 36.3 Å². The fourth-order valence-corrected chi connectivity index (χ4v) is 4.23. The predicted octanol–water partition coefficient (Wildman–Crippen LogP) is 5.20. The Kier molecular flexibility index (Phi) is 8.81. The average Bonchev–Trinajstić information content (AvgIpc) is 2.68. The number of hydrogen-bond donors (Lipinski definition) is 2. The van der Waals surface area contributed by atoms with E-state index in [-0.39, 0.29) is 24.8 Å². The Hall–Kier alpha value is -1.55. The maximum absolute atomic E-state index is 12.7. The fourth-order valence-electron chi connectivity index (χ4n) is 4.23. The largest absolute Gasteiger partial charge is 0.381 e. The predicted molar refractivity (Wildman–Crippen MR) is 121 cm³/mol. The molecule has 0 aliphatic carbocycles. The molecule has 2 aliphatic heterocycles. The van der Waals surface area contributed by atoms with Crippen LogP contribution < -0.4 is 10.6 Å². The third kappa shape index (κ3) is 5.50. The maximum Gasteiger partial charge on any atom is 0.162 e. The zero-order valence-electron chi connectivity index (χ0n) is 16.2. The summed E-state index contributed by atoms with van der Waals surface area (Å²) in [5, 5.41) is 6.95. The zero-order chi connectivity index (χ0) is 17.8. The summed E-state index contributed by atoms with van der Waals surface area (Å²) in [6.07, 6.45) is 6.21. The van der Waals surface area contributed by atoms with Gasteiger partial charge in [0.1, 0.15) is 0 Å². The van der Waals surface area contributed by atoms with Crippen molar-refractivity contribution in [1.29, 1.82) is 0 Å². The number of para-hydroxylation sites is 1. The van der Waals surface area contributed by atoms with E-state index >= 15 is 0 Å². The summed E-state index contributed by atoms with van der Waals surface area (Å²) in [5.74, 6) is 1.01. The molecule has 1 fully saturated rings. The van der Waals surface area contributed by atoms with Gasteiger partial charge < -0.3 is 10.6 Å². The summed E-state index contributed by atoms with van der Waals surface area (Å²) < 4.78 is 0. The summed E-state index contributed by atoms with van der Waals surface area (Å²) in [5.41, 5.74) is 6.11. The highest BCUT2D eigenvalue weighted by Gasteiger charge is 2.17. The molecule has 2 aliphatic rings. The Bertz CT molecular complexity index is 788. The molecule has 2 N–H and O–H groups in total. The van der Waals surface area contributed by atoms with Gasteiger partial charge in [-0.05, 0) is 79.9 Å². The maximum atomic E-state index is 12.7. The van der Waals surface area contributed by atoms with Crippen molar-refractivity contribution in [3.63, 3.8) is 0 Å². The van der Waals surface area contributed by atoms with Crippen LogP contribution in [0.4, 0.5) is 5.69 Å². The third-order valence-corrected chi connectivity index (χ3v) is 5.92. The number of piperidine rings is 1. The number of ketones is 1. The quantitative estimate of drug-likeness (QED) is 0.667. The van der Waals surface area contributed by atoms with E-state index in [1.165, 1.54) is 35.2 Å². The fraction of sp³-hybridized carbons (Fsp3) is 0.435. The molecule has 5 heteroatoms. The van der Waals surface area contributed by atoms with Crippen molar-refractivity contribution in [2.75, 3.05) is 18.4 Å². The van der Waals surface area contributed by atoms with Crippen LogP contribution in [0.5, 0.6) is 0 Å². The number of hydrogen-bond acceptors (Lipinski definition) is 3. The van der Waals surface area contributed by atoms with Crippen LogP contribution >= 0.6 is 24.8 Å². The third-order valence-electron chi connectivity index (χ3n) is 5.92. The summed E-state index contributed by atoms with van der Waals surface area (Å²) in [4.78, 5) is 12.7. The minimum Gasteiger partial charge on any atom is -0.381 e. The number of nitrogens with one attached hydrogen (secondary N) is 2. The molecule has 0 unspecified atom stereocenters. The highest BCUT2D eigenvalue weighted by molar-refractivity contribution is 5.96. The van der Waals surface area contributed by atoms with Gasteiger partial charge in [-0.2, -0.15) is 0 Å². The van der Waals surface area contributed by atoms with Gasteiger partial charge in [-0.3, -0.25) is 4.79 Å². The number of halogens is 2. The van der Waals surface area contributed by atoms with Crippen LogP contribution in [0.1, 0.15) is 52.7 Å². The molecule has 3 nitrogen and oxygen atoms in total. The van der Waals surface area contributed by atoms with Gasteiger partial charge >= 0.3 is 0 Å². The van der Waals surface area contributed by atoms with Gasteiger partial charge in [0.25, 0.3) is 0 Å². The first-order chi connectivity index (χ1) is 12.8. The number of anilines is 1. The number of Topliss-reactive ketones (excluding diaryl/α,β-unsaturated/α-hetero) is 1. The van der Waals surface area contributed by atoms with Crippen LogP contribution in [-0.4, -0.2) is 18.9 Å². The highest BCUT2D eigenvalue weighted by Crippen LogP contribution is 2.25. The van der Waals surface area contributed by atoms with E-state index in [1.807, 2.05) is 6.07 Å². The van der Waals surface area contributed by atoms with E-state index in [0.717, 1.165) is 44.5 Å². The minimum atomic E-state index is 0. The lowest BCUT2D eigenvalue weighted by Gasteiger charge is -2.22. The topological polar surface area (TPSA) is 41.1 Å². The second kappa shape index (κ2) is 10.8. The zero-order valence-corrected chi connectivity index (χ0v) is 17.8. The Balaban J connectivity index is 0.00000140. The Morgan fingerprint density at radius 2 is 1.68 bits per heavy atom. The summed E-state index contributed by atoms with van der Waals surface area (Å²) in [6, 6.07) is 14.9. The van der Waals surface area contributed by atoms with Gasteiger partial charge in [-0.1, -0.05) is 30.3 Å². The second-order valence-electron chi connectivity index (χ2n) is 7.65. The summed E-state index contributed by atoms with van der Waals surface area (Å²) in [6.45, 7) is 3.00. The summed E-state index contributed by atoms with van der Waals surface area (Å²) in [7, 11) is 0. The SMILES string of the molecule is Cl.Cl.O=C(CCC1CCNCC1)c1ccc2c(c1)CNc1ccccc1CC2. The number of carbonyl (C=O) groups excluding carboxylic acids is 1. The molecule has 0 aromatic heterocycles. The molecule has 0 saturated carbocycles. The van der Waals surface area contributed by atoms with Gasteiger partial charge in [0.05, 0.1) is 0 Å². The van der Waals surface area contributed by atoms with Gasteiger partial charge in [0.2, 0.25) is 0 Å². The van der Waals surface area contributed by atoms with Gasteiger partial charge in [-0.15, -0.1) is 24.8 Å². The smallest absolute Gasteiger partial charge is 0.162 e. The molecule has 28 heavy (non-hydrogen) atoms. The highest BCUT2D eigenvalue weighted by atomic mass is 35.5. The molecule has 0 atom stereocenters. The van der Waals surface area contributed by atoms with Crippen molar-refractivity contribution in [3.05, 3.63) is 64.7 Å². The molecule has 0 spiro atoms. The molecule has 2 heterocycles. The van der Waals surface area contributed by atoms with E-state index in [2.05, 4.69) is 47.0 Å². The lowest BCUT2D eigenvalue weighted by atomic mass is 9.90. The molecular weight excluding hydrogens is 391 g/mol. The molecule has 2 aromatic carbocycles. The van der Waals surface area contributed by atoms with Crippen LogP contribution in [0.25, 0.3) is 0 Å². The molecule has 1 saturated heterocycles. The van der Waals surface area contributed by atoms with E-state index in [9.17, 15) is 4.79 Å². The van der Waals surface area contributed by atoms with Crippen molar-refractivity contribution in [2.45, 2.75) is 45.1 Å². The van der Waals surface area contributed by atoms with Crippen LogP contribution in [0, 0.1) is 5.92 Å².